The maximum absolute atomic E-state index is 8.74. The van der Waals surface area contributed by atoms with E-state index >= 15 is 0 Å². The van der Waals surface area contributed by atoms with E-state index in [4.69, 9.17) is 5.11 Å². The molecule has 0 heterocycles. The van der Waals surface area contributed by atoms with Crippen molar-refractivity contribution < 1.29 is 5.11 Å². The second kappa shape index (κ2) is 4.46. The Morgan fingerprint density at radius 3 is 2.92 bits per heavy atom. The van der Waals surface area contributed by atoms with E-state index in [1.807, 2.05) is 0 Å². The largest absolute Gasteiger partial charge is 0.396 e. The Bertz CT molecular complexity index is 191. The normalized spacial score (nSPS) is 23.5. The van der Waals surface area contributed by atoms with Crippen LogP contribution in [0.15, 0.2) is 23.8 Å². The summed E-state index contributed by atoms with van der Waals surface area (Å²) in [6, 6.07) is 0. The molecule has 1 atom stereocenters. The molecule has 0 spiro atoms. The molecule has 1 unspecified atom stereocenters. The Hall–Kier alpha value is -0.560. The van der Waals surface area contributed by atoms with Gasteiger partial charge in [-0.05, 0) is 38.5 Å². The van der Waals surface area contributed by atoms with Gasteiger partial charge in [0.25, 0.3) is 0 Å². The predicted octanol–water partition coefficient (Wildman–Crippen LogP) is 2.67. The second-order valence-corrected chi connectivity index (χ2v) is 3.65. The van der Waals surface area contributed by atoms with Gasteiger partial charge in [-0.15, -0.1) is 0 Å². The van der Waals surface area contributed by atoms with Gasteiger partial charge in [0, 0.05) is 6.61 Å². The van der Waals surface area contributed by atoms with Gasteiger partial charge in [0.05, 0.1) is 0 Å². The smallest absolute Gasteiger partial charge is 0.0468 e. The van der Waals surface area contributed by atoms with Crippen molar-refractivity contribution in [3.63, 3.8) is 0 Å². The zero-order valence-corrected chi connectivity index (χ0v) is 7.84. The highest BCUT2D eigenvalue weighted by Gasteiger charge is 2.13. The third-order valence-corrected chi connectivity index (χ3v) is 2.63. The van der Waals surface area contributed by atoms with Crippen molar-refractivity contribution in [1.82, 2.24) is 0 Å². The lowest BCUT2D eigenvalue weighted by molar-refractivity contribution is 0.295. The standard InChI is InChI=1S/C11H18O/c1-9(2)11-5-3-10(4-6-11)7-8-12/h3,11-12H,1,4-8H2,2H3. The quantitative estimate of drug-likeness (QED) is 0.639. The van der Waals surface area contributed by atoms with Gasteiger partial charge in [-0.3, -0.25) is 0 Å². The highest BCUT2D eigenvalue weighted by molar-refractivity contribution is 5.11. The average molecular weight is 166 g/mol. The first-order chi connectivity index (χ1) is 5.74. The van der Waals surface area contributed by atoms with Crippen molar-refractivity contribution in [3.8, 4) is 0 Å². The lowest BCUT2D eigenvalue weighted by atomic mass is 9.85. The van der Waals surface area contributed by atoms with Crippen LogP contribution in [0.3, 0.4) is 0 Å². The van der Waals surface area contributed by atoms with Gasteiger partial charge in [0.2, 0.25) is 0 Å². The van der Waals surface area contributed by atoms with Crippen LogP contribution in [-0.2, 0) is 0 Å². The van der Waals surface area contributed by atoms with E-state index in [2.05, 4.69) is 19.6 Å². The highest BCUT2D eigenvalue weighted by atomic mass is 16.2. The second-order valence-electron chi connectivity index (χ2n) is 3.65. The monoisotopic (exact) mass is 166 g/mol. The van der Waals surface area contributed by atoms with E-state index in [9.17, 15) is 0 Å². The molecule has 0 amide bonds. The number of hydrogen-bond donors (Lipinski definition) is 1. The summed E-state index contributed by atoms with van der Waals surface area (Å²) in [5.41, 5.74) is 2.73. The Labute approximate surface area is 74.8 Å². The summed E-state index contributed by atoms with van der Waals surface area (Å²) >= 11 is 0. The van der Waals surface area contributed by atoms with Crippen LogP contribution in [0.25, 0.3) is 0 Å². The van der Waals surface area contributed by atoms with Crippen LogP contribution in [0.5, 0.6) is 0 Å². The van der Waals surface area contributed by atoms with Crippen LogP contribution in [-0.4, -0.2) is 11.7 Å². The molecule has 68 valence electrons. The number of hydrogen-bond acceptors (Lipinski definition) is 1. The van der Waals surface area contributed by atoms with Crippen LogP contribution in [0.2, 0.25) is 0 Å². The minimum Gasteiger partial charge on any atom is -0.396 e. The van der Waals surface area contributed by atoms with Gasteiger partial charge in [-0.1, -0.05) is 23.8 Å². The van der Waals surface area contributed by atoms with E-state index in [0.717, 1.165) is 19.3 Å². The van der Waals surface area contributed by atoms with Gasteiger partial charge < -0.3 is 5.11 Å². The topological polar surface area (TPSA) is 20.2 Å². The fourth-order valence-corrected chi connectivity index (χ4v) is 1.71. The fourth-order valence-electron chi connectivity index (χ4n) is 1.71. The number of aliphatic hydroxyl groups excluding tert-OH is 1. The zero-order chi connectivity index (χ0) is 8.97. The minimum atomic E-state index is 0.295. The lowest BCUT2D eigenvalue weighted by Crippen LogP contribution is -2.07. The molecule has 0 saturated heterocycles. The van der Waals surface area contributed by atoms with Crippen molar-refractivity contribution in [2.45, 2.75) is 32.6 Å². The van der Waals surface area contributed by atoms with Crippen molar-refractivity contribution in [1.29, 1.82) is 0 Å². The molecule has 1 heteroatoms. The SMILES string of the molecule is C=C(C)C1CC=C(CCO)CC1. The van der Waals surface area contributed by atoms with Gasteiger partial charge in [-0.25, -0.2) is 0 Å². The summed E-state index contributed by atoms with van der Waals surface area (Å²) in [5.74, 6) is 0.687. The molecule has 0 aromatic rings. The highest BCUT2D eigenvalue weighted by Crippen LogP contribution is 2.29. The van der Waals surface area contributed by atoms with E-state index < -0.39 is 0 Å². The average Bonchev–Trinajstić information content (AvgIpc) is 2.06. The van der Waals surface area contributed by atoms with E-state index in [1.54, 1.807) is 0 Å². The number of allylic oxidation sites excluding steroid dienone is 2. The van der Waals surface area contributed by atoms with Crippen LogP contribution in [0, 0.1) is 5.92 Å². The van der Waals surface area contributed by atoms with Gasteiger partial charge >= 0.3 is 0 Å². The maximum Gasteiger partial charge on any atom is 0.0468 e. The molecule has 0 aromatic carbocycles. The van der Waals surface area contributed by atoms with Crippen LogP contribution >= 0.6 is 0 Å². The summed E-state index contributed by atoms with van der Waals surface area (Å²) in [4.78, 5) is 0. The van der Waals surface area contributed by atoms with Crippen LogP contribution in [0.1, 0.15) is 32.6 Å². The van der Waals surface area contributed by atoms with Crippen LogP contribution < -0.4 is 0 Å². The lowest BCUT2D eigenvalue weighted by Gasteiger charge is -2.21. The molecule has 1 aliphatic rings. The molecule has 0 fully saturated rings. The molecule has 12 heavy (non-hydrogen) atoms. The minimum absolute atomic E-state index is 0.295. The summed E-state index contributed by atoms with van der Waals surface area (Å²) in [5, 5.41) is 8.74. The molecule has 0 saturated carbocycles. The zero-order valence-electron chi connectivity index (χ0n) is 7.84. The summed E-state index contributed by atoms with van der Waals surface area (Å²) in [6.45, 7) is 6.37. The molecule has 1 aliphatic carbocycles. The van der Waals surface area contributed by atoms with Crippen molar-refractivity contribution in [3.05, 3.63) is 23.8 Å². The molecule has 1 rings (SSSR count). The van der Waals surface area contributed by atoms with Crippen molar-refractivity contribution in [2.75, 3.05) is 6.61 Å². The molecule has 0 radical (unpaired) electrons. The molecule has 1 nitrogen and oxygen atoms in total. The van der Waals surface area contributed by atoms with Gasteiger partial charge in [0.15, 0.2) is 0 Å². The molecule has 0 aromatic heterocycles. The molecule has 0 bridgehead atoms. The number of aliphatic hydroxyl groups is 1. The van der Waals surface area contributed by atoms with Crippen LogP contribution in [0.4, 0.5) is 0 Å². The molecular weight excluding hydrogens is 148 g/mol. The maximum atomic E-state index is 8.74. The Balaban J connectivity index is 2.42. The van der Waals surface area contributed by atoms with E-state index in [-0.39, 0.29) is 0 Å². The van der Waals surface area contributed by atoms with Crippen molar-refractivity contribution >= 4 is 0 Å². The van der Waals surface area contributed by atoms with Gasteiger partial charge in [-0.2, -0.15) is 0 Å². The summed E-state index contributed by atoms with van der Waals surface area (Å²) < 4.78 is 0. The predicted molar refractivity (Wildman–Crippen MR) is 51.9 cm³/mol. The Morgan fingerprint density at radius 1 is 1.75 bits per heavy atom. The summed E-state index contributed by atoms with van der Waals surface area (Å²) in [6.07, 6.45) is 6.64. The van der Waals surface area contributed by atoms with E-state index in [0.29, 0.717) is 12.5 Å². The number of rotatable bonds is 3. The third kappa shape index (κ3) is 2.49. The van der Waals surface area contributed by atoms with Crippen molar-refractivity contribution in [2.24, 2.45) is 5.92 Å². The summed E-state index contributed by atoms with van der Waals surface area (Å²) in [7, 11) is 0. The Morgan fingerprint density at radius 2 is 2.50 bits per heavy atom. The molecular formula is C11H18O. The molecule has 1 N–H and O–H groups in total. The third-order valence-electron chi connectivity index (χ3n) is 2.63. The van der Waals surface area contributed by atoms with Gasteiger partial charge in [0.1, 0.15) is 0 Å². The Kier molecular flexibility index (Phi) is 3.54. The van der Waals surface area contributed by atoms with E-state index in [1.165, 1.54) is 17.6 Å². The first kappa shape index (κ1) is 9.53. The molecule has 0 aliphatic heterocycles. The first-order valence-electron chi connectivity index (χ1n) is 4.68. The first-order valence-corrected chi connectivity index (χ1v) is 4.68. The fraction of sp³-hybridized carbons (Fsp3) is 0.636.